The number of rotatable bonds is 6. The molecular weight excluding hydrogens is 196 g/mol. The maximum Gasteiger partial charge on any atom is 0.0607 e. The second-order valence-corrected chi connectivity index (χ2v) is 4.67. The molecule has 0 bridgehead atoms. The average molecular weight is 218 g/mol. The van der Waals surface area contributed by atoms with Gasteiger partial charge in [-0.05, 0) is 49.8 Å². The molecule has 2 rings (SSSR count). The van der Waals surface area contributed by atoms with Gasteiger partial charge in [0.1, 0.15) is 0 Å². The normalized spacial score (nSPS) is 17.4. The second-order valence-electron chi connectivity index (χ2n) is 4.67. The van der Waals surface area contributed by atoms with E-state index in [-0.39, 0.29) is 0 Å². The average Bonchev–Trinajstić information content (AvgIpc) is 3.14. The van der Waals surface area contributed by atoms with E-state index in [4.69, 9.17) is 0 Å². The minimum absolute atomic E-state index is 0.496. The van der Waals surface area contributed by atoms with Crippen LogP contribution in [0.3, 0.4) is 0 Å². The summed E-state index contributed by atoms with van der Waals surface area (Å²) in [7, 11) is 0. The molecule has 0 saturated heterocycles. The van der Waals surface area contributed by atoms with E-state index < -0.39 is 0 Å². The van der Waals surface area contributed by atoms with Crippen molar-refractivity contribution in [3.63, 3.8) is 0 Å². The molecule has 1 saturated carbocycles. The van der Waals surface area contributed by atoms with Crippen LogP contribution in [-0.4, -0.2) is 11.5 Å². The van der Waals surface area contributed by atoms with Gasteiger partial charge in [0.25, 0.3) is 0 Å². The first kappa shape index (κ1) is 11.6. The summed E-state index contributed by atoms with van der Waals surface area (Å²) in [5.41, 5.74) is 2.70. The van der Waals surface area contributed by atoms with E-state index in [1.54, 1.807) is 0 Å². The van der Waals surface area contributed by atoms with Crippen LogP contribution in [0.5, 0.6) is 0 Å². The third-order valence-corrected chi connectivity index (χ3v) is 3.31. The van der Waals surface area contributed by atoms with Crippen LogP contribution in [0.25, 0.3) is 0 Å². The summed E-state index contributed by atoms with van der Waals surface area (Å²) in [5, 5.41) is 3.66. The fourth-order valence-corrected chi connectivity index (χ4v) is 2.25. The lowest BCUT2D eigenvalue weighted by Gasteiger charge is -2.19. The van der Waals surface area contributed by atoms with Crippen molar-refractivity contribution < 1.29 is 0 Å². The Bertz CT molecular complexity index is 331. The highest BCUT2D eigenvalue weighted by Crippen LogP contribution is 2.41. The lowest BCUT2D eigenvalue weighted by Crippen LogP contribution is -2.25. The molecule has 1 N–H and O–H groups in total. The molecule has 0 aliphatic heterocycles. The first-order chi connectivity index (χ1) is 7.86. The molecular formula is C14H22N2. The Morgan fingerprint density at radius 3 is 2.88 bits per heavy atom. The monoisotopic (exact) mass is 218 g/mol. The molecule has 1 fully saturated rings. The lowest BCUT2D eigenvalue weighted by atomic mass is 10.0. The van der Waals surface area contributed by atoms with Crippen molar-refractivity contribution >= 4 is 0 Å². The quantitative estimate of drug-likeness (QED) is 0.793. The fourth-order valence-electron chi connectivity index (χ4n) is 2.25. The highest BCUT2D eigenvalue weighted by Gasteiger charge is 2.33. The molecule has 0 radical (unpaired) electrons. The van der Waals surface area contributed by atoms with E-state index in [0.717, 1.165) is 18.9 Å². The summed E-state index contributed by atoms with van der Waals surface area (Å²) in [6.07, 6.45) is 6.93. The molecule has 1 heterocycles. The van der Waals surface area contributed by atoms with Crippen molar-refractivity contribution in [1.82, 2.24) is 10.3 Å². The maximum absolute atomic E-state index is 4.60. The van der Waals surface area contributed by atoms with Crippen molar-refractivity contribution in [2.45, 2.75) is 45.6 Å². The van der Waals surface area contributed by atoms with Crippen LogP contribution in [0.1, 0.15) is 50.4 Å². The molecule has 2 heteroatoms. The molecule has 1 atom stereocenters. The van der Waals surface area contributed by atoms with Crippen LogP contribution in [-0.2, 0) is 6.42 Å². The fraction of sp³-hybridized carbons (Fsp3) is 0.643. The van der Waals surface area contributed by atoms with Gasteiger partial charge in [-0.1, -0.05) is 19.9 Å². The summed E-state index contributed by atoms with van der Waals surface area (Å²) in [6.45, 7) is 5.53. The molecule has 1 aliphatic rings. The number of pyridine rings is 1. The number of nitrogens with one attached hydrogen (secondary N) is 1. The highest BCUT2D eigenvalue weighted by atomic mass is 15.0. The van der Waals surface area contributed by atoms with Crippen molar-refractivity contribution in [2.75, 3.05) is 6.54 Å². The lowest BCUT2D eigenvalue weighted by molar-refractivity contribution is 0.467. The molecule has 1 aromatic heterocycles. The van der Waals surface area contributed by atoms with E-state index in [2.05, 4.69) is 30.2 Å². The third kappa shape index (κ3) is 2.62. The number of aromatic nitrogens is 1. The van der Waals surface area contributed by atoms with E-state index in [1.807, 2.05) is 12.3 Å². The molecule has 16 heavy (non-hydrogen) atoms. The van der Waals surface area contributed by atoms with Gasteiger partial charge in [-0.2, -0.15) is 0 Å². The zero-order valence-corrected chi connectivity index (χ0v) is 10.4. The van der Waals surface area contributed by atoms with Crippen molar-refractivity contribution in [3.8, 4) is 0 Å². The second kappa shape index (κ2) is 5.44. The van der Waals surface area contributed by atoms with Crippen LogP contribution in [0.15, 0.2) is 18.3 Å². The van der Waals surface area contributed by atoms with Gasteiger partial charge in [0, 0.05) is 6.20 Å². The largest absolute Gasteiger partial charge is 0.308 e. The molecule has 0 aromatic carbocycles. The van der Waals surface area contributed by atoms with Crippen LogP contribution < -0.4 is 5.32 Å². The van der Waals surface area contributed by atoms with Gasteiger partial charge in [-0.15, -0.1) is 0 Å². The Morgan fingerprint density at radius 2 is 2.25 bits per heavy atom. The van der Waals surface area contributed by atoms with Gasteiger partial charge in [-0.3, -0.25) is 4.98 Å². The SMILES string of the molecule is CCCNC(c1ncccc1CC)C1CC1. The first-order valence-corrected chi connectivity index (χ1v) is 6.54. The summed E-state index contributed by atoms with van der Waals surface area (Å²) < 4.78 is 0. The van der Waals surface area contributed by atoms with Crippen molar-refractivity contribution in [1.29, 1.82) is 0 Å². The summed E-state index contributed by atoms with van der Waals surface area (Å²) in [6, 6.07) is 4.76. The summed E-state index contributed by atoms with van der Waals surface area (Å²) in [4.78, 5) is 4.60. The predicted octanol–water partition coefficient (Wildman–Crippen LogP) is 3.09. The van der Waals surface area contributed by atoms with E-state index in [1.165, 1.54) is 30.5 Å². The van der Waals surface area contributed by atoms with Gasteiger partial charge in [-0.25, -0.2) is 0 Å². The molecule has 1 aromatic rings. The Kier molecular flexibility index (Phi) is 3.94. The Hall–Kier alpha value is -0.890. The van der Waals surface area contributed by atoms with Gasteiger partial charge in [0.2, 0.25) is 0 Å². The highest BCUT2D eigenvalue weighted by molar-refractivity contribution is 5.24. The maximum atomic E-state index is 4.60. The predicted molar refractivity (Wildman–Crippen MR) is 67.4 cm³/mol. The van der Waals surface area contributed by atoms with E-state index in [0.29, 0.717) is 6.04 Å². The minimum atomic E-state index is 0.496. The summed E-state index contributed by atoms with van der Waals surface area (Å²) >= 11 is 0. The first-order valence-electron chi connectivity index (χ1n) is 6.54. The van der Waals surface area contributed by atoms with Gasteiger partial charge in [0.05, 0.1) is 11.7 Å². The van der Waals surface area contributed by atoms with Gasteiger partial charge in [0.15, 0.2) is 0 Å². The zero-order chi connectivity index (χ0) is 11.4. The summed E-state index contributed by atoms with van der Waals surface area (Å²) in [5.74, 6) is 0.826. The number of nitrogens with zero attached hydrogens (tertiary/aromatic N) is 1. The van der Waals surface area contributed by atoms with E-state index in [9.17, 15) is 0 Å². The van der Waals surface area contributed by atoms with Crippen molar-refractivity contribution in [3.05, 3.63) is 29.6 Å². The van der Waals surface area contributed by atoms with Crippen LogP contribution in [0.2, 0.25) is 0 Å². The van der Waals surface area contributed by atoms with E-state index >= 15 is 0 Å². The van der Waals surface area contributed by atoms with Crippen molar-refractivity contribution in [2.24, 2.45) is 5.92 Å². The molecule has 1 aliphatic carbocycles. The number of hydrogen-bond donors (Lipinski definition) is 1. The third-order valence-electron chi connectivity index (χ3n) is 3.31. The van der Waals surface area contributed by atoms with Crippen LogP contribution >= 0.6 is 0 Å². The zero-order valence-electron chi connectivity index (χ0n) is 10.4. The van der Waals surface area contributed by atoms with Crippen LogP contribution in [0.4, 0.5) is 0 Å². The van der Waals surface area contributed by atoms with Gasteiger partial charge >= 0.3 is 0 Å². The molecule has 88 valence electrons. The Labute approximate surface area is 98.5 Å². The Morgan fingerprint density at radius 1 is 1.44 bits per heavy atom. The molecule has 1 unspecified atom stereocenters. The molecule has 0 spiro atoms. The molecule has 2 nitrogen and oxygen atoms in total. The number of aryl methyl sites for hydroxylation is 1. The van der Waals surface area contributed by atoms with Crippen LogP contribution in [0, 0.1) is 5.92 Å². The Balaban J connectivity index is 2.16. The minimum Gasteiger partial charge on any atom is -0.308 e. The topological polar surface area (TPSA) is 24.9 Å². The molecule has 0 amide bonds. The standard InChI is InChI=1S/C14H22N2/c1-3-9-15-14(12-7-8-12)13-11(4-2)6-5-10-16-13/h5-6,10,12,14-15H,3-4,7-9H2,1-2H3. The number of hydrogen-bond acceptors (Lipinski definition) is 2. The van der Waals surface area contributed by atoms with Gasteiger partial charge < -0.3 is 5.32 Å². The smallest absolute Gasteiger partial charge is 0.0607 e.